The minimum absolute atomic E-state index is 0.0300. The molecule has 0 fully saturated rings. The molecule has 0 spiro atoms. The monoisotopic (exact) mass is 303 g/mol. The molecule has 0 aliphatic heterocycles. The summed E-state index contributed by atoms with van der Waals surface area (Å²) in [5.74, 6) is 0.410. The van der Waals surface area contributed by atoms with Gasteiger partial charge in [-0.15, -0.1) is 0 Å². The number of halogens is 3. The zero-order valence-electron chi connectivity index (χ0n) is 12.7. The Morgan fingerprint density at radius 3 is 2.52 bits per heavy atom. The Balaban J connectivity index is 2.63. The minimum Gasteiger partial charge on any atom is -0.399 e. The maximum absolute atomic E-state index is 12.9. The van der Waals surface area contributed by atoms with E-state index in [0.29, 0.717) is 12.5 Å². The molecular weight excluding hydrogens is 279 g/mol. The van der Waals surface area contributed by atoms with Crippen LogP contribution in [0.5, 0.6) is 0 Å². The first-order valence-corrected chi connectivity index (χ1v) is 7.41. The second-order valence-electron chi connectivity index (χ2n) is 5.35. The van der Waals surface area contributed by atoms with Crippen LogP contribution in [0.15, 0.2) is 18.2 Å². The third-order valence-corrected chi connectivity index (χ3v) is 3.59. The van der Waals surface area contributed by atoms with Crippen molar-refractivity contribution in [3.05, 3.63) is 29.3 Å². The van der Waals surface area contributed by atoms with Crippen molar-refractivity contribution >= 4 is 5.69 Å². The van der Waals surface area contributed by atoms with Crippen LogP contribution in [0.1, 0.15) is 50.7 Å². The first-order chi connectivity index (χ1) is 9.88. The summed E-state index contributed by atoms with van der Waals surface area (Å²) in [5, 5.41) is 0. The van der Waals surface area contributed by atoms with E-state index in [1.807, 2.05) is 0 Å². The highest BCUT2D eigenvalue weighted by Crippen LogP contribution is 2.33. The fourth-order valence-corrected chi connectivity index (χ4v) is 2.22. The van der Waals surface area contributed by atoms with E-state index in [4.69, 9.17) is 10.5 Å². The molecule has 21 heavy (non-hydrogen) atoms. The van der Waals surface area contributed by atoms with Crippen LogP contribution >= 0.6 is 0 Å². The molecule has 0 bridgehead atoms. The molecule has 2 N–H and O–H groups in total. The van der Waals surface area contributed by atoms with Gasteiger partial charge in [0.1, 0.15) is 0 Å². The van der Waals surface area contributed by atoms with E-state index < -0.39 is 11.7 Å². The van der Waals surface area contributed by atoms with Crippen molar-refractivity contribution in [2.45, 2.75) is 52.3 Å². The molecular formula is C16H24F3NO. The average Bonchev–Trinajstić information content (AvgIpc) is 2.43. The molecule has 0 radical (unpaired) electrons. The number of nitrogen functional groups attached to an aromatic ring is 1. The summed E-state index contributed by atoms with van der Waals surface area (Å²) in [6.45, 7) is 4.67. The number of unbranched alkanes of at least 4 members (excludes halogenated alkanes) is 1. The zero-order valence-corrected chi connectivity index (χ0v) is 12.7. The van der Waals surface area contributed by atoms with Gasteiger partial charge in [-0.3, -0.25) is 0 Å². The van der Waals surface area contributed by atoms with E-state index in [2.05, 4.69) is 13.8 Å². The smallest absolute Gasteiger partial charge is 0.399 e. The molecule has 1 rings (SSSR count). The number of hydrogen-bond donors (Lipinski definition) is 1. The Labute approximate surface area is 124 Å². The normalized spacial score (nSPS) is 13.4. The van der Waals surface area contributed by atoms with Gasteiger partial charge < -0.3 is 10.5 Å². The van der Waals surface area contributed by atoms with E-state index in [0.717, 1.165) is 31.7 Å². The molecule has 0 amide bonds. The third-order valence-electron chi connectivity index (χ3n) is 3.59. The summed E-state index contributed by atoms with van der Waals surface area (Å²) in [5.41, 5.74) is 4.98. The number of nitrogens with two attached hydrogens (primary N) is 1. The Morgan fingerprint density at radius 1 is 1.24 bits per heavy atom. The standard InChI is InChI=1S/C16H24F3NO/c1-3-5-6-12(4-2)10-21-11-13-7-8-14(20)9-15(13)16(17,18)19/h7-9,12H,3-6,10-11,20H2,1-2H3. The van der Waals surface area contributed by atoms with Crippen LogP contribution in [0.4, 0.5) is 18.9 Å². The lowest BCUT2D eigenvalue weighted by atomic mass is 10.0. The zero-order chi connectivity index (χ0) is 15.9. The number of anilines is 1. The number of alkyl halides is 3. The van der Waals surface area contributed by atoms with Crippen molar-refractivity contribution in [3.63, 3.8) is 0 Å². The van der Waals surface area contributed by atoms with Crippen LogP contribution in [-0.4, -0.2) is 6.61 Å². The number of rotatable bonds is 8. The quantitative estimate of drug-likeness (QED) is 0.684. The highest BCUT2D eigenvalue weighted by atomic mass is 19.4. The van der Waals surface area contributed by atoms with Crippen molar-refractivity contribution < 1.29 is 17.9 Å². The first-order valence-electron chi connectivity index (χ1n) is 7.41. The van der Waals surface area contributed by atoms with Gasteiger partial charge in [-0.25, -0.2) is 0 Å². The van der Waals surface area contributed by atoms with Gasteiger partial charge in [0.05, 0.1) is 12.2 Å². The fourth-order valence-electron chi connectivity index (χ4n) is 2.22. The highest BCUT2D eigenvalue weighted by molar-refractivity contribution is 5.45. The van der Waals surface area contributed by atoms with Gasteiger partial charge in [0.2, 0.25) is 0 Å². The van der Waals surface area contributed by atoms with Crippen LogP contribution in [0.25, 0.3) is 0 Å². The first kappa shape index (κ1) is 17.8. The van der Waals surface area contributed by atoms with Crippen molar-refractivity contribution in [2.75, 3.05) is 12.3 Å². The van der Waals surface area contributed by atoms with Gasteiger partial charge in [-0.1, -0.05) is 39.2 Å². The molecule has 0 aliphatic carbocycles. The predicted molar refractivity (Wildman–Crippen MR) is 78.8 cm³/mol. The van der Waals surface area contributed by atoms with E-state index in [-0.39, 0.29) is 17.9 Å². The lowest BCUT2D eigenvalue weighted by molar-refractivity contribution is -0.138. The van der Waals surface area contributed by atoms with Gasteiger partial charge in [-0.05, 0) is 30.0 Å². The number of hydrogen-bond acceptors (Lipinski definition) is 2. The summed E-state index contributed by atoms with van der Waals surface area (Å²) >= 11 is 0. The topological polar surface area (TPSA) is 35.2 Å². The Hall–Kier alpha value is -1.23. The lowest BCUT2D eigenvalue weighted by Crippen LogP contribution is -2.13. The molecule has 1 aromatic carbocycles. The molecule has 1 atom stereocenters. The molecule has 1 unspecified atom stereocenters. The Kier molecular flexibility index (Phi) is 7.02. The maximum atomic E-state index is 12.9. The van der Waals surface area contributed by atoms with Crippen LogP contribution in [0.2, 0.25) is 0 Å². The molecule has 5 heteroatoms. The van der Waals surface area contributed by atoms with Crippen LogP contribution in [0, 0.1) is 5.92 Å². The molecule has 0 saturated heterocycles. The van der Waals surface area contributed by atoms with Gasteiger partial charge in [0.15, 0.2) is 0 Å². The van der Waals surface area contributed by atoms with Crippen LogP contribution in [0.3, 0.4) is 0 Å². The van der Waals surface area contributed by atoms with E-state index >= 15 is 0 Å². The van der Waals surface area contributed by atoms with Gasteiger partial charge in [0, 0.05) is 12.3 Å². The Bertz CT molecular complexity index is 432. The van der Waals surface area contributed by atoms with Crippen LogP contribution < -0.4 is 5.73 Å². The molecule has 120 valence electrons. The lowest BCUT2D eigenvalue weighted by Gasteiger charge is -2.17. The molecule has 1 aromatic rings. The number of ether oxygens (including phenoxy) is 1. The van der Waals surface area contributed by atoms with Gasteiger partial charge in [-0.2, -0.15) is 13.2 Å². The second kappa shape index (κ2) is 8.27. The predicted octanol–water partition coefficient (Wildman–Crippen LogP) is 5.02. The third kappa shape index (κ3) is 5.96. The van der Waals surface area contributed by atoms with Crippen molar-refractivity contribution in [3.8, 4) is 0 Å². The van der Waals surface area contributed by atoms with E-state index in [1.165, 1.54) is 12.1 Å². The van der Waals surface area contributed by atoms with Crippen molar-refractivity contribution in [2.24, 2.45) is 5.92 Å². The summed E-state index contributed by atoms with van der Waals surface area (Å²) in [4.78, 5) is 0. The summed E-state index contributed by atoms with van der Waals surface area (Å²) in [6.07, 6.45) is -0.126. The summed E-state index contributed by atoms with van der Waals surface area (Å²) in [7, 11) is 0. The fraction of sp³-hybridized carbons (Fsp3) is 0.625. The molecule has 0 saturated carbocycles. The van der Waals surface area contributed by atoms with E-state index in [1.54, 1.807) is 0 Å². The number of benzene rings is 1. The van der Waals surface area contributed by atoms with Gasteiger partial charge >= 0.3 is 6.18 Å². The average molecular weight is 303 g/mol. The molecule has 0 aliphatic rings. The Morgan fingerprint density at radius 2 is 1.95 bits per heavy atom. The summed E-state index contributed by atoms with van der Waals surface area (Å²) < 4.78 is 44.3. The van der Waals surface area contributed by atoms with Crippen LogP contribution in [-0.2, 0) is 17.5 Å². The van der Waals surface area contributed by atoms with Crippen molar-refractivity contribution in [1.82, 2.24) is 0 Å². The molecule has 0 heterocycles. The summed E-state index contributed by atoms with van der Waals surface area (Å²) in [6, 6.07) is 3.83. The molecule has 0 aromatic heterocycles. The highest BCUT2D eigenvalue weighted by Gasteiger charge is 2.33. The minimum atomic E-state index is -4.40. The van der Waals surface area contributed by atoms with E-state index in [9.17, 15) is 13.2 Å². The maximum Gasteiger partial charge on any atom is 0.416 e. The molecule has 2 nitrogen and oxygen atoms in total. The second-order valence-corrected chi connectivity index (χ2v) is 5.35. The SMILES string of the molecule is CCCCC(CC)COCc1ccc(N)cc1C(F)(F)F. The van der Waals surface area contributed by atoms with Crippen molar-refractivity contribution in [1.29, 1.82) is 0 Å². The van der Waals surface area contributed by atoms with Gasteiger partial charge in [0.25, 0.3) is 0 Å². The largest absolute Gasteiger partial charge is 0.416 e.